The van der Waals surface area contributed by atoms with E-state index in [0.717, 1.165) is 11.1 Å². The van der Waals surface area contributed by atoms with Crippen molar-refractivity contribution in [3.8, 4) is 5.75 Å². The zero-order valence-corrected chi connectivity index (χ0v) is 14.6. The third kappa shape index (κ3) is 4.27. The summed E-state index contributed by atoms with van der Waals surface area (Å²) in [5.41, 5.74) is 1.86. The monoisotopic (exact) mass is 353 g/mol. The fourth-order valence-electron chi connectivity index (χ4n) is 2.59. The highest BCUT2D eigenvalue weighted by molar-refractivity contribution is 5.78. The van der Waals surface area contributed by atoms with Crippen LogP contribution in [0.15, 0.2) is 60.9 Å². The van der Waals surface area contributed by atoms with E-state index in [2.05, 4.69) is 10.3 Å². The third-order valence-corrected chi connectivity index (χ3v) is 4.02. The number of halogens is 1. The molecule has 0 radical (unpaired) electrons. The van der Waals surface area contributed by atoms with Gasteiger partial charge >= 0.3 is 0 Å². The largest absolute Gasteiger partial charge is 0.484 e. The van der Waals surface area contributed by atoms with Crippen molar-refractivity contribution in [1.82, 2.24) is 14.9 Å². The van der Waals surface area contributed by atoms with Crippen molar-refractivity contribution < 1.29 is 13.9 Å². The average molecular weight is 353 g/mol. The zero-order valence-electron chi connectivity index (χ0n) is 14.6. The SMILES string of the molecule is Cc1ccc(OCC(=O)NC(c2ccc(F)cc2)c2nccn2C)cc1. The molecule has 0 spiro atoms. The van der Waals surface area contributed by atoms with Gasteiger partial charge in [0.1, 0.15) is 23.4 Å². The van der Waals surface area contributed by atoms with Gasteiger partial charge < -0.3 is 14.6 Å². The van der Waals surface area contributed by atoms with E-state index in [1.165, 1.54) is 12.1 Å². The maximum Gasteiger partial charge on any atom is 0.258 e. The quantitative estimate of drug-likeness (QED) is 0.741. The van der Waals surface area contributed by atoms with Crippen LogP contribution in [-0.4, -0.2) is 22.1 Å². The van der Waals surface area contributed by atoms with Crippen molar-refractivity contribution in [3.05, 3.63) is 83.7 Å². The highest BCUT2D eigenvalue weighted by Gasteiger charge is 2.21. The first-order valence-corrected chi connectivity index (χ1v) is 8.24. The number of aryl methyl sites for hydroxylation is 2. The lowest BCUT2D eigenvalue weighted by atomic mass is 10.1. The van der Waals surface area contributed by atoms with Crippen molar-refractivity contribution in [2.24, 2.45) is 7.05 Å². The molecule has 1 aromatic heterocycles. The molecule has 1 unspecified atom stereocenters. The van der Waals surface area contributed by atoms with Crippen molar-refractivity contribution in [2.45, 2.75) is 13.0 Å². The Balaban J connectivity index is 1.73. The number of rotatable bonds is 6. The van der Waals surface area contributed by atoms with E-state index in [-0.39, 0.29) is 18.3 Å². The number of amides is 1. The van der Waals surface area contributed by atoms with Gasteiger partial charge in [0.05, 0.1) is 0 Å². The van der Waals surface area contributed by atoms with Gasteiger partial charge in [-0.05, 0) is 36.8 Å². The highest BCUT2D eigenvalue weighted by atomic mass is 19.1. The number of carbonyl (C=O) groups excluding carboxylic acids is 1. The van der Waals surface area contributed by atoms with E-state index in [1.54, 1.807) is 24.5 Å². The number of hydrogen-bond acceptors (Lipinski definition) is 3. The minimum absolute atomic E-state index is 0.120. The molecule has 134 valence electrons. The lowest BCUT2D eigenvalue weighted by Crippen LogP contribution is -2.34. The minimum atomic E-state index is -0.496. The molecule has 0 aliphatic rings. The number of benzene rings is 2. The van der Waals surface area contributed by atoms with E-state index in [4.69, 9.17) is 4.74 Å². The number of aromatic nitrogens is 2. The molecule has 2 aromatic carbocycles. The Kier molecular flexibility index (Phi) is 5.31. The summed E-state index contributed by atoms with van der Waals surface area (Å²) < 4.78 is 20.6. The molecule has 5 nitrogen and oxygen atoms in total. The van der Waals surface area contributed by atoms with Crippen LogP contribution in [0.25, 0.3) is 0 Å². The summed E-state index contributed by atoms with van der Waals surface area (Å²) in [4.78, 5) is 16.7. The van der Waals surface area contributed by atoms with Crippen LogP contribution < -0.4 is 10.1 Å². The molecule has 1 N–H and O–H groups in total. The predicted molar refractivity (Wildman–Crippen MR) is 96.3 cm³/mol. The predicted octanol–water partition coefficient (Wildman–Crippen LogP) is 3.15. The molecule has 0 bridgehead atoms. The second kappa shape index (κ2) is 7.82. The zero-order chi connectivity index (χ0) is 18.5. The van der Waals surface area contributed by atoms with Crippen LogP contribution in [0.1, 0.15) is 23.0 Å². The maximum absolute atomic E-state index is 13.2. The van der Waals surface area contributed by atoms with Gasteiger partial charge in [0.2, 0.25) is 0 Å². The van der Waals surface area contributed by atoms with Crippen LogP contribution in [0.4, 0.5) is 4.39 Å². The van der Waals surface area contributed by atoms with E-state index < -0.39 is 6.04 Å². The molecule has 1 atom stereocenters. The Morgan fingerprint density at radius 3 is 2.50 bits per heavy atom. The molecule has 1 amide bonds. The molecule has 3 rings (SSSR count). The van der Waals surface area contributed by atoms with Gasteiger partial charge in [0.15, 0.2) is 6.61 Å². The molecule has 0 saturated carbocycles. The van der Waals surface area contributed by atoms with Crippen LogP contribution in [0.3, 0.4) is 0 Å². The van der Waals surface area contributed by atoms with E-state index in [0.29, 0.717) is 11.6 Å². The van der Waals surface area contributed by atoms with Crippen molar-refractivity contribution in [3.63, 3.8) is 0 Å². The first-order chi connectivity index (χ1) is 12.5. The topological polar surface area (TPSA) is 56.1 Å². The summed E-state index contributed by atoms with van der Waals surface area (Å²) in [5.74, 6) is 0.658. The molecule has 0 saturated heterocycles. The van der Waals surface area contributed by atoms with Crippen molar-refractivity contribution in [1.29, 1.82) is 0 Å². The first kappa shape index (κ1) is 17.7. The Morgan fingerprint density at radius 1 is 1.19 bits per heavy atom. The van der Waals surface area contributed by atoms with Gasteiger partial charge in [-0.3, -0.25) is 4.79 Å². The molecular formula is C20H20FN3O2. The van der Waals surface area contributed by atoms with Crippen LogP contribution in [0, 0.1) is 12.7 Å². The maximum atomic E-state index is 13.2. The molecular weight excluding hydrogens is 333 g/mol. The minimum Gasteiger partial charge on any atom is -0.484 e. The summed E-state index contributed by atoms with van der Waals surface area (Å²) in [6.07, 6.45) is 3.45. The number of nitrogens with one attached hydrogen (secondary N) is 1. The Bertz CT molecular complexity index is 873. The number of ether oxygens (including phenoxy) is 1. The van der Waals surface area contributed by atoms with Gasteiger partial charge in [0.25, 0.3) is 5.91 Å². The fraction of sp³-hybridized carbons (Fsp3) is 0.200. The van der Waals surface area contributed by atoms with E-state index in [9.17, 15) is 9.18 Å². The van der Waals surface area contributed by atoms with Crippen LogP contribution >= 0.6 is 0 Å². The number of nitrogens with zero attached hydrogens (tertiary/aromatic N) is 2. The number of hydrogen-bond donors (Lipinski definition) is 1. The summed E-state index contributed by atoms with van der Waals surface area (Å²) in [5, 5.41) is 2.91. The average Bonchev–Trinajstić information content (AvgIpc) is 3.06. The van der Waals surface area contributed by atoms with Gasteiger partial charge in [-0.2, -0.15) is 0 Å². The van der Waals surface area contributed by atoms with Gasteiger partial charge in [0, 0.05) is 19.4 Å². The summed E-state index contributed by atoms with van der Waals surface area (Å²) in [7, 11) is 1.84. The Morgan fingerprint density at radius 2 is 1.88 bits per heavy atom. The number of carbonyl (C=O) groups is 1. The van der Waals surface area contributed by atoms with Gasteiger partial charge in [-0.25, -0.2) is 9.37 Å². The van der Waals surface area contributed by atoms with E-state index >= 15 is 0 Å². The lowest BCUT2D eigenvalue weighted by molar-refractivity contribution is -0.123. The van der Waals surface area contributed by atoms with Crippen molar-refractivity contribution >= 4 is 5.91 Å². The van der Waals surface area contributed by atoms with Crippen LogP contribution in [-0.2, 0) is 11.8 Å². The van der Waals surface area contributed by atoms with Crippen LogP contribution in [0.5, 0.6) is 5.75 Å². The van der Waals surface area contributed by atoms with Crippen LogP contribution in [0.2, 0.25) is 0 Å². The fourth-order valence-corrected chi connectivity index (χ4v) is 2.59. The molecule has 0 fully saturated rings. The van der Waals surface area contributed by atoms with E-state index in [1.807, 2.05) is 42.8 Å². The summed E-state index contributed by atoms with van der Waals surface area (Å²) in [6, 6.07) is 13.0. The van der Waals surface area contributed by atoms with Crippen molar-refractivity contribution in [2.75, 3.05) is 6.61 Å². The highest BCUT2D eigenvalue weighted by Crippen LogP contribution is 2.21. The normalized spacial score (nSPS) is 11.8. The molecule has 0 aliphatic carbocycles. The second-order valence-electron chi connectivity index (χ2n) is 6.05. The second-order valence-corrected chi connectivity index (χ2v) is 6.05. The van der Waals surface area contributed by atoms with Gasteiger partial charge in [-0.1, -0.05) is 29.8 Å². The Hall–Kier alpha value is -3.15. The molecule has 6 heteroatoms. The molecule has 3 aromatic rings. The molecule has 0 aliphatic heterocycles. The summed E-state index contributed by atoms with van der Waals surface area (Å²) in [6.45, 7) is 1.86. The smallest absolute Gasteiger partial charge is 0.258 e. The third-order valence-electron chi connectivity index (χ3n) is 4.02. The molecule has 26 heavy (non-hydrogen) atoms. The standard InChI is InChI=1S/C20H20FN3O2/c1-14-3-9-17(10-4-14)26-13-18(25)23-19(20-22-11-12-24(20)2)15-5-7-16(21)8-6-15/h3-12,19H,13H2,1-2H3,(H,23,25). The first-order valence-electron chi connectivity index (χ1n) is 8.24. The van der Waals surface area contributed by atoms with Gasteiger partial charge in [-0.15, -0.1) is 0 Å². The number of imidazole rings is 1. The summed E-state index contributed by atoms with van der Waals surface area (Å²) >= 11 is 0. The Labute approximate surface area is 151 Å². The molecule has 1 heterocycles. The lowest BCUT2D eigenvalue weighted by Gasteiger charge is -2.19.